The quantitative estimate of drug-likeness (QED) is 0.439. The lowest BCUT2D eigenvalue weighted by atomic mass is 10.1. The molecule has 0 atom stereocenters. The maximum absolute atomic E-state index is 12.3. The Hall–Kier alpha value is -3.19. The van der Waals surface area contributed by atoms with Crippen molar-refractivity contribution in [1.29, 1.82) is 0 Å². The molecule has 30 heavy (non-hydrogen) atoms. The summed E-state index contributed by atoms with van der Waals surface area (Å²) in [5.74, 6) is 0. The molecular formula is C23H24N4O2S. The van der Waals surface area contributed by atoms with Crippen molar-refractivity contribution in [3.8, 4) is 10.6 Å². The van der Waals surface area contributed by atoms with E-state index >= 15 is 0 Å². The zero-order valence-electron chi connectivity index (χ0n) is 17.5. The topological polar surface area (TPSA) is 69.0 Å². The van der Waals surface area contributed by atoms with E-state index in [0.717, 1.165) is 39.3 Å². The molecule has 2 aromatic carbocycles. The summed E-state index contributed by atoms with van der Waals surface area (Å²) in [6, 6.07) is 12.1. The number of benzene rings is 2. The molecule has 0 aliphatic heterocycles. The Bertz CT molecular complexity index is 1230. The van der Waals surface area contributed by atoms with Gasteiger partial charge < -0.3 is 4.74 Å². The molecule has 0 aliphatic carbocycles. The summed E-state index contributed by atoms with van der Waals surface area (Å²) < 4.78 is 7.32. The highest BCUT2D eigenvalue weighted by Gasteiger charge is 2.14. The van der Waals surface area contributed by atoms with E-state index in [1.54, 1.807) is 0 Å². The molecule has 0 fully saturated rings. The number of nitrogens with one attached hydrogen (secondary N) is 1. The predicted molar refractivity (Wildman–Crippen MR) is 121 cm³/mol. The molecule has 4 aromatic rings. The largest absolute Gasteiger partial charge is 0.444 e. The molecule has 154 valence electrons. The van der Waals surface area contributed by atoms with Gasteiger partial charge in [0.1, 0.15) is 16.6 Å². The first-order valence-electron chi connectivity index (χ1n) is 9.88. The summed E-state index contributed by atoms with van der Waals surface area (Å²) in [6.45, 7) is 9.09. The van der Waals surface area contributed by atoms with Gasteiger partial charge in [-0.2, -0.15) is 5.10 Å². The Morgan fingerprint density at radius 1 is 1.17 bits per heavy atom. The number of ether oxygens (including phenoxy) is 1. The Morgan fingerprint density at radius 2 is 2.00 bits per heavy atom. The van der Waals surface area contributed by atoms with Crippen LogP contribution in [0, 0.1) is 20.8 Å². The van der Waals surface area contributed by atoms with E-state index in [4.69, 9.17) is 4.74 Å². The molecule has 4 rings (SSSR count). The molecule has 0 spiro atoms. The third-order valence-electron chi connectivity index (χ3n) is 4.93. The van der Waals surface area contributed by atoms with Crippen molar-refractivity contribution in [2.24, 2.45) is 0 Å². The van der Waals surface area contributed by atoms with Crippen molar-refractivity contribution in [3.05, 3.63) is 65.0 Å². The minimum atomic E-state index is -0.488. The van der Waals surface area contributed by atoms with Crippen LogP contribution in [-0.4, -0.2) is 20.9 Å². The second-order valence-electron chi connectivity index (χ2n) is 7.33. The van der Waals surface area contributed by atoms with Crippen LogP contribution in [0.1, 0.15) is 29.3 Å². The summed E-state index contributed by atoms with van der Waals surface area (Å²) in [5, 5.41) is 9.92. The minimum absolute atomic E-state index is 0.195. The molecule has 2 aromatic heterocycles. The monoisotopic (exact) mass is 420 g/mol. The first-order chi connectivity index (χ1) is 14.4. The van der Waals surface area contributed by atoms with Gasteiger partial charge in [0, 0.05) is 23.7 Å². The Balaban J connectivity index is 1.42. The lowest BCUT2D eigenvalue weighted by molar-refractivity contribution is 0.155. The van der Waals surface area contributed by atoms with Gasteiger partial charge in [0.2, 0.25) is 0 Å². The molecular weight excluding hydrogens is 396 g/mol. The molecule has 1 N–H and O–H groups in total. The van der Waals surface area contributed by atoms with Crippen LogP contribution in [0.3, 0.4) is 0 Å². The molecule has 0 unspecified atom stereocenters. The molecule has 1 amide bonds. The van der Waals surface area contributed by atoms with Gasteiger partial charge in [0.25, 0.3) is 0 Å². The number of aryl methyl sites for hydroxylation is 4. The van der Waals surface area contributed by atoms with Gasteiger partial charge in [-0.3, -0.25) is 10.00 Å². The zero-order valence-corrected chi connectivity index (χ0v) is 18.3. The molecule has 7 heteroatoms. The van der Waals surface area contributed by atoms with Crippen molar-refractivity contribution in [2.45, 2.75) is 40.8 Å². The third kappa shape index (κ3) is 4.21. The minimum Gasteiger partial charge on any atom is -0.444 e. The fraction of sp³-hybridized carbons (Fsp3) is 0.261. The van der Waals surface area contributed by atoms with Crippen LogP contribution >= 0.6 is 11.3 Å². The van der Waals surface area contributed by atoms with Crippen LogP contribution < -0.4 is 5.32 Å². The van der Waals surface area contributed by atoms with Gasteiger partial charge in [-0.15, -0.1) is 0 Å². The SMILES string of the molecule is CCn1cc2cc(COC(=O)Nc3sc(-c4ccc(C)cc4C)nc3C)ccc2n1. The molecule has 2 heterocycles. The normalized spacial score (nSPS) is 11.1. The van der Waals surface area contributed by atoms with Gasteiger partial charge >= 0.3 is 6.09 Å². The number of carbonyl (C=O) groups is 1. The van der Waals surface area contributed by atoms with E-state index in [1.807, 2.05) is 42.9 Å². The van der Waals surface area contributed by atoms with E-state index in [9.17, 15) is 4.79 Å². The average molecular weight is 421 g/mol. The van der Waals surface area contributed by atoms with Crippen molar-refractivity contribution < 1.29 is 9.53 Å². The van der Waals surface area contributed by atoms with Gasteiger partial charge in [0.05, 0.1) is 11.2 Å². The number of carbonyl (C=O) groups excluding carboxylic acids is 1. The van der Waals surface area contributed by atoms with E-state index in [-0.39, 0.29) is 6.61 Å². The van der Waals surface area contributed by atoms with Crippen LogP contribution in [0.4, 0.5) is 9.80 Å². The number of thiazole rings is 1. The van der Waals surface area contributed by atoms with Gasteiger partial charge in [-0.05, 0) is 51.0 Å². The summed E-state index contributed by atoms with van der Waals surface area (Å²) in [6.07, 6.45) is 1.51. The summed E-state index contributed by atoms with van der Waals surface area (Å²) in [7, 11) is 0. The highest BCUT2D eigenvalue weighted by atomic mass is 32.1. The van der Waals surface area contributed by atoms with Crippen molar-refractivity contribution in [1.82, 2.24) is 14.8 Å². The van der Waals surface area contributed by atoms with E-state index in [2.05, 4.69) is 47.4 Å². The van der Waals surface area contributed by atoms with Crippen molar-refractivity contribution >= 4 is 33.3 Å². The molecule has 0 bridgehead atoms. The van der Waals surface area contributed by atoms with Gasteiger partial charge in [-0.25, -0.2) is 9.78 Å². The summed E-state index contributed by atoms with van der Waals surface area (Å²) >= 11 is 1.46. The van der Waals surface area contributed by atoms with E-state index in [0.29, 0.717) is 5.00 Å². The standard InChI is InChI=1S/C23H24N4O2S/c1-5-27-12-18-11-17(7-9-20(18)26-27)13-29-23(28)25-21-16(4)24-22(30-21)19-8-6-14(2)10-15(19)3/h6-12H,5,13H2,1-4H3,(H,25,28). The van der Waals surface area contributed by atoms with Crippen molar-refractivity contribution in [2.75, 3.05) is 5.32 Å². The Kier molecular flexibility index (Phi) is 5.55. The average Bonchev–Trinajstić information content (AvgIpc) is 3.29. The molecule has 6 nitrogen and oxygen atoms in total. The highest BCUT2D eigenvalue weighted by molar-refractivity contribution is 7.19. The summed E-state index contributed by atoms with van der Waals surface area (Å²) in [5.41, 5.74) is 6.09. The van der Waals surface area contributed by atoms with Gasteiger partial charge in [-0.1, -0.05) is 41.2 Å². The number of aromatic nitrogens is 3. The fourth-order valence-corrected chi connectivity index (χ4v) is 4.38. The lowest BCUT2D eigenvalue weighted by Crippen LogP contribution is -2.13. The van der Waals surface area contributed by atoms with E-state index < -0.39 is 6.09 Å². The maximum Gasteiger partial charge on any atom is 0.412 e. The number of nitrogens with zero attached hydrogens (tertiary/aromatic N) is 3. The number of amides is 1. The maximum atomic E-state index is 12.3. The van der Waals surface area contributed by atoms with Crippen molar-refractivity contribution in [3.63, 3.8) is 0 Å². The van der Waals surface area contributed by atoms with Crippen LogP contribution in [0.25, 0.3) is 21.5 Å². The second-order valence-corrected chi connectivity index (χ2v) is 8.33. The smallest absolute Gasteiger partial charge is 0.412 e. The molecule has 0 saturated heterocycles. The molecule has 0 saturated carbocycles. The molecule has 0 aliphatic rings. The first kappa shape index (κ1) is 20.1. The zero-order chi connectivity index (χ0) is 21.3. The summed E-state index contributed by atoms with van der Waals surface area (Å²) in [4.78, 5) is 17.0. The van der Waals surface area contributed by atoms with Crippen LogP contribution in [-0.2, 0) is 17.9 Å². The Morgan fingerprint density at radius 3 is 2.77 bits per heavy atom. The number of hydrogen-bond acceptors (Lipinski definition) is 5. The third-order valence-corrected chi connectivity index (χ3v) is 6.04. The molecule has 0 radical (unpaired) electrons. The van der Waals surface area contributed by atoms with Crippen LogP contribution in [0.2, 0.25) is 0 Å². The van der Waals surface area contributed by atoms with E-state index in [1.165, 1.54) is 22.5 Å². The highest BCUT2D eigenvalue weighted by Crippen LogP contribution is 2.33. The fourth-order valence-electron chi connectivity index (χ4n) is 3.34. The number of hydrogen-bond donors (Lipinski definition) is 1. The number of rotatable bonds is 5. The van der Waals surface area contributed by atoms with Crippen LogP contribution in [0.15, 0.2) is 42.6 Å². The number of fused-ring (bicyclic) bond motifs is 1. The Labute approximate surface area is 179 Å². The van der Waals surface area contributed by atoms with Crippen LogP contribution in [0.5, 0.6) is 0 Å². The lowest BCUT2D eigenvalue weighted by Gasteiger charge is -2.06. The van der Waals surface area contributed by atoms with Gasteiger partial charge in [0.15, 0.2) is 0 Å². The predicted octanol–water partition coefficient (Wildman–Crippen LogP) is 5.85. The number of anilines is 1. The first-order valence-corrected chi connectivity index (χ1v) is 10.7. The second kappa shape index (κ2) is 8.28.